The topological polar surface area (TPSA) is 85.4 Å². The summed E-state index contributed by atoms with van der Waals surface area (Å²) in [6, 6.07) is 15.8. The first-order valence-electron chi connectivity index (χ1n) is 12.1. The summed E-state index contributed by atoms with van der Waals surface area (Å²) in [5.41, 5.74) is 13.6. The number of carboxylic acid groups (broad SMARTS) is 1. The third-order valence-corrected chi connectivity index (χ3v) is 6.43. The van der Waals surface area contributed by atoms with Crippen molar-refractivity contribution in [1.29, 1.82) is 0 Å². The van der Waals surface area contributed by atoms with Gasteiger partial charge in [-0.15, -0.1) is 0 Å². The van der Waals surface area contributed by atoms with Gasteiger partial charge in [-0.2, -0.15) is 0 Å². The van der Waals surface area contributed by atoms with E-state index >= 15 is 0 Å². The SMILES string of the molecule is Cc1ccc(-c2c(COc3ccc(C(C)(C)C(=O)O)cc3)c(C)nc(CC(C)(C)C)c2CN)cc1. The lowest BCUT2D eigenvalue weighted by atomic mass is 9.85. The van der Waals surface area contributed by atoms with E-state index in [0.29, 0.717) is 18.9 Å². The number of ether oxygens (including phenoxy) is 1. The first kappa shape index (κ1) is 26.4. The van der Waals surface area contributed by atoms with Crippen LogP contribution in [0.15, 0.2) is 48.5 Å². The maximum absolute atomic E-state index is 11.6. The standard InChI is InChI=1S/C30H38N2O3/c1-19-8-10-21(11-9-19)27-24(17-31)26(16-29(3,4)5)32-20(2)25(27)18-35-23-14-12-22(13-15-23)30(6,7)28(33)34/h8-15H,16-18,31H2,1-7H3,(H,33,34). The molecule has 3 rings (SSSR count). The molecule has 0 fully saturated rings. The Morgan fingerprint density at radius 3 is 2.06 bits per heavy atom. The summed E-state index contributed by atoms with van der Waals surface area (Å²) in [5, 5.41) is 9.50. The molecule has 1 heterocycles. The highest BCUT2D eigenvalue weighted by atomic mass is 16.5. The van der Waals surface area contributed by atoms with Crippen LogP contribution < -0.4 is 10.5 Å². The molecule has 3 N–H and O–H groups in total. The molecule has 0 atom stereocenters. The lowest BCUT2D eigenvalue weighted by molar-refractivity contribution is -0.142. The number of carboxylic acids is 1. The molecule has 0 aliphatic heterocycles. The van der Waals surface area contributed by atoms with Crippen LogP contribution in [0.4, 0.5) is 0 Å². The van der Waals surface area contributed by atoms with E-state index in [1.165, 1.54) is 5.56 Å². The smallest absolute Gasteiger partial charge is 0.313 e. The van der Waals surface area contributed by atoms with Gasteiger partial charge >= 0.3 is 5.97 Å². The van der Waals surface area contributed by atoms with Crippen molar-refractivity contribution in [2.75, 3.05) is 0 Å². The van der Waals surface area contributed by atoms with Gasteiger partial charge in [0.2, 0.25) is 0 Å². The minimum atomic E-state index is -0.962. The maximum Gasteiger partial charge on any atom is 0.313 e. The van der Waals surface area contributed by atoms with Gasteiger partial charge in [0.05, 0.1) is 5.41 Å². The van der Waals surface area contributed by atoms with Crippen LogP contribution in [0, 0.1) is 19.3 Å². The molecule has 0 saturated heterocycles. The van der Waals surface area contributed by atoms with Crippen molar-refractivity contribution in [1.82, 2.24) is 4.98 Å². The zero-order chi connectivity index (χ0) is 26.0. The Hall–Kier alpha value is -3.18. The summed E-state index contributed by atoms with van der Waals surface area (Å²) >= 11 is 0. The Morgan fingerprint density at radius 1 is 0.943 bits per heavy atom. The second-order valence-electron chi connectivity index (χ2n) is 11.0. The van der Waals surface area contributed by atoms with Gasteiger partial charge < -0.3 is 15.6 Å². The van der Waals surface area contributed by atoms with Crippen molar-refractivity contribution in [3.63, 3.8) is 0 Å². The number of hydrogen-bond donors (Lipinski definition) is 2. The number of aliphatic carboxylic acids is 1. The quantitative estimate of drug-likeness (QED) is 0.397. The van der Waals surface area contributed by atoms with Crippen LogP contribution in [-0.4, -0.2) is 16.1 Å². The highest BCUT2D eigenvalue weighted by molar-refractivity contribution is 5.80. The number of aryl methyl sites for hydroxylation is 2. The van der Waals surface area contributed by atoms with Gasteiger partial charge in [-0.05, 0) is 73.9 Å². The second kappa shape index (κ2) is 10.2. The molecular formula is C30H38N2O3. The first-order chi connectivity index (χ1) is 16.3. The monoisotopic (exact) mass is 474 g/mol. The molecule has 3 aromatic rings. The molecule has 186 valence electrons. The molecule has 0 unspecified atom stereocenters. The van der Waals surface area contributed by atoms with Gasteiger partial charge in [-0.25, -0.2) is 0 Å². The largest absolute Gasteiger partial charge is 0.489 e. The van der Waals surface area contributed by atoms with Gasteiger partial charge in [0.1, 0.15) is 12.4 Å². The summed E-state index contributed by atoms with van der Waals surface area (Å²) in [6.07, 6.45) is 0.835. The molecule has 0 aliphatic carbocycles. The number of hydrogen-bond acceptors (Lipinski definition) is 4. The van der Waals surface area contributed by atoms with Crippen molar-refractivity contribution < 1.29 is 14.6 Å². The van der Waals surface area contributed by atoms with E-state index in [1.807, 2.05) is 31.2 Å². The van der Waals surface area contributed by atoms with E-state index in [4.69, 9.17) is 15.5 Å². The minimum Gasteiger partial charge on any atom is -0.489 e. The number of benzene rings is 2. The number of rotatable bonds is 8. The summed E-state index contributed by atoms with van der Waals surface area (Å²) in [6.45, 7) is 14.9. The van der Waals surface area contributed by atoms with Crippen LogP contribution in [0.25, 0.3) is 11.1 Å². The molecule has 0 amide bonds. The molecule has 0 bridgehead atoms. The minimum absolute atomic E-state index is 0.0808. The molecule has 0 radical (unpaired) electrons. The van der Waals surface area contributed by atoms with E-state index in [0.717, 1.165) is 45.6 Å². The van der Waals surface area contributed by atoms with Gasteiger partial charge in [0.15, 0.2) is 0 Å². The molecule has 5 heteroatoms. The molecule has 0 aliphatic rings. The summed E-state index contributed by atoms with van der Waals surface area (Å²) in [5.74, 6) is -0.183. The third-order valence-electron chi connectivity index (χ3n) is 6.43. The van der Waals surface area contributed by atoms with Gasteiger partial charge in [0.25, 0.3) is 0 Å². The van der Waals surface area contributed by atoms with Crippen LogP contribution in [-0.2, 0) is 29.8 Å². The van der Waals surface area contributed by atoms with Crippen molar-refractivity contribution >= 4 is 5.97 Å². The van der Waals surface area contributed by atoms with Crippen molar-refractivity contribution in [3.8, 4) is 16.9 Å². The van der Waals surface area contributed by atoms with Gasteiger partial charge in [0, 0.05) is 23.5 Å². The normalized spacial score (nSPS) is 12.0. The van der Waals surface area contributed by atoms with Crippen molar-refractivity contribution in [3.05, 3.63) is 82.2 Å². The molecular weight excluding hydrogens is 436 g/mol. The fraction of sp³-hybridized carbons (Fsp3) is 0.400. The second-order valence-corrected chi connectivity index (χ2v) is 11.0. The van der Waals surface area contributed by atoms with E-state index in [9.17, 15) is 9.90 Å². The van der Waals surface area contributed by atoms with E-state index in [-0.39, 0.29) is 5.41 Å². The lowest BCUT2D eigenvalue weighted by Crippen LogP contribution is -2.28. The summed E-state index contributed by atoms with van der Waals surface area (Å²) in [4.78, 5) is 16.6. The fourth-order valence-electron chi connectivity index (χ4n) is 4.21. The average Bonchev–Trinajstić information content (AvgIpc) is 2.78. The third kappa shape index (κ3) is 6.09. The highest BCUT2D eigenvalue weighted by Crippen LogP contribution is 2.35. The zero-order valence-electron chi connectivity index (χ0n) is 22.0. The Bertz CT molecular complexity index is 1190. The average molecular weight is 475 g/mol. The number of pyridine rings is 1. The predicted octanol–water partition coefficient (Wildman–Crippen LogP) is 6.35. The molecule has 0 spiro atoms. The van der Waals surface area contributed by atoms with E-state index in [2.05, 4.69) is 52.0 Å². The lowest BCUT2D eigenvalue weighted by Gasteiger charge is -2.24. The molecule has 2 aromatic carbocycles. The van der Waals surface area contributed by atoms with Crippen LogP contribution in [0.3, 0.4) is 0 Å². The predicted molar refractivity (Wildman–Crippen MR) is 142 cm³/mol. The fourth-order valence-corrected chi connectivity index (χ4v) is 4.21. The Kier molecular flexibility index (Phi) is 7.71. The Morgan fingerprint density at radius 2 is 1.54 bits per heavy atom. The number of carbonyl (C=O) groups is 1. The first-order valence-corrected chi connectivity index (χ1v) is 12.1. The molecule has 1 aromatic heterocycles. The van der Waals surface area contributed by atoms with Crippen LogP contribution in [0.2, 0.25) is 0 Å². The van der Waals surface area contributed by atoms with Crippen molar-refractivity contribution in [2.24, 2.45) is 11.1 Å². The zero-order valence-corrected chi connectivity index (χ0v) is 22.0. The van der Waals surface area contributed by atoms with Crippen LogP contribution >= 0.6 is 0 Å². The van der Waals surface area contributed by atoms with E-state index < -0.39 is 11.4 Å². The number of nitrogens with zero attached hydrogens (tertiary/aromatic N) is 1. The molecule has 35 heavy (non-hydrogen) atoms. The molecule has 0 saturated carbocycles. The van der Waals surface area contributed by atoms with Crippen LogP contribution in [0.5, 0.6) is 5.75 Å². The van der Waals surface area contributed by atoms with E-state index in [1.54, 1.807) is 13.8 Å². The maximum atomic E-state index is 11.6. The van der Waals surface area contributed by atoms with Crippen molar-refractivity contribution in [2.45, 2.75) is 73.5 Å². The molecule has 5 nitrogen and oxygen atoms in total. The number of nitrogens with two attached hydrogens (primary N) is 1. The Balaban J connectivity index is 2.02. The summed E-state index contributed by atoms with van der Waals surface area (Å²) in [7, 11) is 0. The van der Waals surface area contributed by atoms with Crippen LogP contribution in [0.1, 0.15) is 68.3 Å². The summed E-state index contributed by atoms with van der Waals surface area (Å²) < 4.78 is 6.20. The van der Waals surface area contributed by atoms with Gasteiger partial charge in [-0.1, -0.05) is 62.7 Å². The Labute approximate surface area is 209 Å². The highest BCUT2D eigenvalue weighted by Gasteiger charge is 2.29. The van der Waals surface area contributed by atoms with Gasteiger partial charge in [-0.3, -0.25) is 9.78 Å². The number of aromatic nitrogens is 1.